The van der Waals surface area contributed by atoms with E-state index in [1.165, 1.54) is 0 Å². The van der Waals surface area contributed by atoms with Gasteiger partial charge < -0.3 is 15.0 Å². The van der Waals surface area contributed by atoms with Crippen molar-refractivity contribution in [3.63, 3.8) is 0 Å². The third-order valence-electron chi connectivity index (χ3n) is 4.32. The summed E-state index contributed by atoms with van der Waals surface area (Å²) in [6, 6.07) is 4.32. The molecule has 3 atom stereocenters. The van der Waals surface area contributed by atoms with Crippen LogP contribution in [0.25, 0.3) is 0 Å². The highest BCUT2D eigenvalue weighted by Crippen LogP contribution is 2.37. The van der Waals surface area contributed by atoms with Crippen molar-refractivity contribution in [2.45, 2.75) is 70.2 Å². The first-order chi connectivity index (χ1) is 10.8. The maximum Gasteiger partial charge on any atom is 0.410 e. The molecule has 3 heterocycles. The number of piperidine rings is 1. The number of carbonyl (C=O) groups is 1. The first-order valence-electron chi connectivity index (χ1n) is 8.09. The van der Waals surface area contributed by atoms with Crippen LogP contribution in [0.5, 0.6) is 0 Å². The Kier molecular flexibility index (Phi) is 4.36. The minimum atomic E-state index is -0.454. The molecule has 0 radical (unpaired) electrons. The number of halogens is 1. The second kappa shape index (κ2) is 6.15. The predicted molar refractivity (Wildman–Crippen MR) is 88.6 cm³/mol. The van der Waals surface area contributed by atoms with Crippen LogP contribution < -0.4 is 5.32 Å². The summed E-state index contributed by atoms with van der Waals surface area (Å²) in [7, 11) is 0. The van der Waals surface area contributed by atoms with Crippen molar-refractivity contribution in [1.82, 2.24) is 15.1 Å². The zero-order valence-corrected chi connectivity index (χ0v) is 14.5. The number of anilines is 1. The maximum absolute atomic E-state index is 12.4. The van der Waals surface area contributed by atoms with Gasteiger partial charge in [0.1, 0.15) is 11.4 Å². The van der Waals surface area contributed by atoms with E-state index in [0.29, 0.717) is 11.2 Å². The average Bonchev–Trinajstić information content (AvgIpc) is 2.72. The number of hydrogen-bond acceptors (Lipinski definition) is 5. The Hall–Kier alpha value is -1.56. The first kappa shape index (κ1) is 16.3. The van der Waals surface area contributed by atoms with Crippen LogP contribution in [0.15, 0.2) is 12.1 Å². The van der Waals surface area contributed by atoms with Crippen molar-refractivity contribution in [3.05, 3.63) is 17.3 Å². The zero-order valence-electron chi connectivity index (χ0n) is 13.8. The number of ether oxygens (including phenoxy) is 1. The highest BCUT2D eigenvalue weighted by Gasteiger charge is 2.44. The number of nitrogens with zero attached hydrogens (tertiary/aromatic N) is 3. The Morgan fingerprint density at radius 1 is 1.26 bits per heavy atom. The Morgan fingerprint density at radius 3 is 2.43 bits per heavy atom. The molecule has 0 spiro atoms. The largest absolute Gasteiger partial charge is 0.444 e. The van der Waals surface area contributed by atoms with Gasteiger partial charge >= 0.3 is 6.09 Å². The number of rotatable bonds is 2. The van der Waals surface area contributed by atoms with E-state index in [1.807, 2.05) is 31.7 Å². The van der Waals surface area contributed by atoms with Crippen LogP contribution in [0.4, 0.5) is 10.6 Å². The predicted octanol–water partition coefficient (Wildman–Crippen LogP) is 3.47. The molecule has 1 amide bonds. The molecule has 1 aromatic heterocycles. The van der Waals surface area contributed by atoms with Gasteiger partial charge in [0, 0.05) is 18.1 Å². The number of amides is 1. The molecule has 0 aromatic carbocycles. The van der Waals surface area contributed by atoms with Gasteiger partial charge in [0.25, 0.3) is 0 Å². The van der Waals surface area contributed by atoms with Crippen molar-refractivity contribution in [2.24, 2.45) is 0 Å². The van der Waals surface area contributed by atoms with Crippen LogP contribution in [0.1, 0.15) is 46.5 Å². The average molecular weight is 339 g/mol. The van der Waals surface area contributed by atoms with Crippen LogP contribution in [-0.2, 0) is 4.74 Å². The Bertz CT molecular complexity index is 558. The van der Waals surface area contributed by atoms with Gasteiger partial charge in [-0.1, -0.05) is 11.6 Å². The molecule has 2 bridgehead atoms. The van der Waals surface area contributed by atoms with Crippen molar-refractivity contribution in [2.75, 3.05) is 5.32 Å². The summed E-state index contributed by atoms with van der Waals surface area (Å²) in [6.07, 6.45) is 3.69. The van der Waals surface area contributed by atoms with E-state index in [1.54, 1.807) is 6.07 Å². The maximum atomic E-state index is 12.4. The molecular formula is C16H23ClN4O2. The molecule has 0 aliphatic carbocycles. The number of carbonyl (C=O) groups excluding carboxylic acids is 1. The summed E-state index contributed by atoms with van der Waals surface area (Å²) in [6.45, 7) is 5.71. The summed E-state index contributed by atoms with van der Waals surface area (Å²) in [5.74, 6) is 0.726. The minimum Gasteiger partial charge on any atom is -0.444 e. The third kappa shape index (κ3) is 3.86. The second-order valence-electron chi connectivity index (χ2n) is 7.33. The van der Waals surface area contributed by atoms with Crippen LogP contribution in [0.3, 0.4) is 0 Å². The third-order valence-corrected chi connectivity index (χ3v) is 4.52. The minimum absolute atomic E-state index is 0.185. The summed E-state index contributed by atoms with van der Waals surface area (Å²) in [5, 5.41) is 11.7. The number of hydrogen-bond donors (Lipinski definition) is 1. The lowest BCUT2D eigenvalue weighted by Crippen LogP contribution is -2.51. The van der Waals surface area contributed by atoms with E-state index in [2.05, 4.69) is 15.5 Å². The molecule has 2 saturated heterocycles. The fraction of sp³-hybridized carbons (Fsp3) is 0.688. The SMILES string of the molecule is CC(C)(C)OC(=O)N1C2CC[C@@H]1C[C@@H](Nc1ccc(Cl)nn1)C2. The van der Waals surface area contributed by atoms with Gasteiger partial charge in [0.15, 0.2) is 5.15 Å². The summed E-state index contributed by atoms with van der Waals surface area (Å²) in [4.78, 5) is 14.4. The fourth-order valence-electron chi connectivity index (χ4n) is 3.51. The highest BCUT2D eigenvalue weighted by molar-refractivity contribution is 6.29. The first-order valence-corrected chi connectivity index (χ1v) is 8.47. The van der Waals surface area contributed by atoms with Gasteiger partial charge in [0.2, 0.25) is 0 Å². The molecule has 2 aliphatic rings. The molecule has 2 aliphatic heterocycles. The monoisotopic (exact) mass is 338 g/mol. The van der Waals surface area contributed by atoms with Crippen LogP contribution in [0.2, 0.25) is 5.15 Å². The van der Waals surface area contributed by atoms with Crippen molar-refractivity contribution in [1.29, 1.82) is 0 Å². The Balaban J connectivity index is 1.62. The smallest absolute Gasteiger partial charge is 0.410 e. The molecule has 1 aromatic rings. The molecular weight excluding hydrogens is 316 g/mol. The quantitative estimate of drug-likeness (QED) is 0.894. The normalized spacial score (nSPS) is 27.0. The van der Waals surface area contributed by atoms with E-state index < -0.39 is 5.60 Å². The lowest BCUT2D eigenvalue weighted by Gasteiger charge is -2.39. The number of fused-ring (bicyclic) bond motifs is 2. The van der Waals surface area contributed by atoms with Gasteiger partial charge in [-0.2, -0.15) is 0 Å². The Labute approximate surface area is 141 Å². The van der Waals surface area contributed by atoms with Gasteiger partial charge in [-0.15, -0.1) is 10.2 Å². The van der Waals surface area contributed by atoms with E-state index in [4.69, 9.17) is 16.3 Å². The molecule has 0 saturated carbocycles. The van der Waals surface area contributed by atoms with Gasteiger partial charge in [-0.3, -0.25) is 0 Å². The summed E-state index contributed by atoms with van der Waals surface area (Å²) < 4.78 is 5.55. The molecule has 23 heavy (non-hydrogen) atoms. The van der Waals surface area contributed by atoms with Crippen LogP contribution in [0, 0.1) is 0 Å². The number of aromatic nitrogens is 2. The van der Waals surface area contributed by atoms with Crippen LogP contribution in [-0.4, -0.2) is 44.9 Å². The zero-order chi connectivity index (χ0) is 16.6. The Morgan fingerprint density at radius 2 is 1.91 bits per heavy atom. The molecule has 3 rings (SSSR count). The molecule has 1 unspecified atom stereocenters. The van der Waals surface area contributed by atoms with Crippen LogP contribution >= 0.6 is 11.6 Å². The molecule has 1 N–H and O–H groups in total. The molecule has 2 fully saturated rings. The molecule has 6 nitrogen and oxygen atoms in total. The fourth-order valence-corrected chi connectivity index (χ4v) is 3.61. The van der Waals surface area contributed by atoms with Gasteiger partial charge in [-0.05, 0) is 58.6 Å². The van der Waals surface area contributed by atoms with Gasteiger partial charge in [0.05, 0.1) is 0 Å². The summed E-state index contributed by atoms with van der Waals surface area (Å²) >= 11 is 5.76. The lowest BCUT2D eigenvalue weighted by molar-refractivity contribution is 0.00682. The second-order valence-corrected chi connectivity index (χ2v) is 7.71. The van der Waals surface area contributed by atoms with Crippen molar-refractivity contribution in [3.8, 4) is 0 Å². The van der Waals surface area contributed by atoms with E-state index in [-0.39, 0.29) is 18.2 Å². The highest BCUT2D eigenvalue weighted by atomic mass is 35.5. The molecule has 7 heteroatoms. The number of nitrogens with one attached hydrogen (secondary N) is 1. The molecule has 126 valence electrons. The van der Waals surface area contributed by atoms with E-state index >= 15 is 0 Å². The standard InChI is InChI=1S/C16H23ClN4O2/c1-16(2,3)23-15(22)21-11-4-5-12(21)9-10(8-11)18-14-7-6-13(17)19-20-14/h6-7,10-12H,4-5,8-9H2,1-3H3,(H,18,20)/t10-,11-,12?/m1/s1. The lowest BCUT2D eigenvalue weighted by atomic mass is 9.98. The summed E-state index contributed by atoms with van der Waals surface area (Å²) in [5.41, 5.74) is -0.454. The van der Waals surface area contributed by atoms with E-state index in [0.717, 1.165) is 31.5 Å². The van der Waals surface area contributed by atoms with Gasteiger partial charge in [-0.25, -0.2) is 4.79 Å². The van der Waals surface area contributed by atoms with Crippen molar-refractivity contribution < 1.29 is 9.53 Å². The van der Waals surface area contributed by atoms with Crippen molar-refractivity contribution >= 4 is 23.5 Å². The topological polar surface area (TPSA) is 67.3 Å². The van der Waals surface area contributed by atoms with E-state index in [9.17, 15) is 4.79 Å².